The van der Waals surface area contributed by atoms with E-state index < -0.39 is 23.4 Å². The second-order valence-corrected chi connectivity index (χ2v) is 7.34. The molecular weight excluding hydrogens is 378 g/mol. The quantitative estimate of drug-likeness (QED) is 0.751. The highest BCUT2D eigenvalue weighted by Crippen LogP contribution is 2.33. The SMILES string of the molecule is CC[C@]1(c2ccc(Cl)cc2)NC(=O)N(CC(=O)Nc2c(C)cccc2C)C1=O. The summed E-state index contributed by atoms with van der Waals surface area (Å²) in [4.78, 5) is 39.1. The molecule has 3 rings (SSSR count). The summed E-state index contributed by atoms with van der Waals surface area (Å²) in [6.07, 6.45) is 0.355. The lowest BCUT2D eigenvalue weighted by atomic mass is 9.87. The first-order valence-corrected chi connectivity index (χ1v) is 9.42. The van der Waals surface area contributed by atoms with E-state index in [9.17, 15) is 14.4 Å². The molecule has 0 saturated carbocycles. The fourth-order valence-corrected chi connectivity index (χ4v) is 3.60. The van der Waals surface area contributed by atoms with Gasteiger partial charge in [0.15, 0.2) is 0 Å². The number of hydrogen-bond acceptors (Lipinski definition) is 3. The molecule has 0 aliphatic carbocycles. The van der Waals surface area contributed by atoms with Gasteiger partial charge in [0.25, 0.3) is 5.91 Å². The van der Waals surface area contributed by atoms with Crippen molar-refractivity contribution in [2.45, 2.75) is 32.7 Å². The molecule has 1 atom stereocenters. The Morgan fingerprint density at radius 1 is 1.11 bits per heavy atom. The van der Waals surface area contributed by atoms with Crippen LogP contribution < -0.4 is 10.6 Å². The van der Waals surface area contributed by atoms with Crippen LogP contribution >= 0.6 is 11.6 Å². The molecule has 146 valence electrons. The number of carbonyl (C=O) groups excluding carboxylic acids is 3. The summed E-state index contributed by atoms with van der Waals surface area (Å²) in [5, 5.41) is 6.11. The maximum atomic E-state index is 13.1. The Hall–Kier alpha value is -2.86. The van der Waals surface area contributed by atoms with Gasteiger partial charge in [0.1, 0.15) is 12.1 Å². The van der Waals surface area contributed by atoms with Crippen LogP contribution in [0.25, 0.3) is 0 Å². The first-order chi connectivity index (χ1) is 13.3. The molecule has 0 unspecified atom stereocenters. The van der Waals surface area contributed by atoms with E-state index >= 15 is 0 Å². The van der Waals surface area contributed by atoms with Crippen LogP contribution in [-0.2, 0) is 15.1 Å². The molecule has 0 spiro atoms. The highest BCUT2D eigenvalue weighted by atomic mass is 35.5. The molecule has 1 saturated heterocycles. The van der Waals surface area contributed by atoms with Gasteiger partial charge in [-0.15, -0.1) is 0 Å². The topological polar surface area (TPSA) is 78.5 Å². The van der Waals surface area contributed by atoms with Crippen LogP contribution in [0.3, 0.4) is 0 Å². The van der Waals surface area contributed by atoms with Crippen molar-refractivity contribution in [2.75, 3.05) is 11.9 Å². The number of urea groups is 1. The lowest BCUT2D eigenvalue weighted by Crippen LogP contribution is -2.44. The fourth-order valence-electron chi connectivity index (χ4n) is 3.48. The molecule has 1 fully saturated rings. The van der Waals surface area contributed by atoms with Crippen molar-refractivity contribution in [1.82, 2.24) is 10.2 Å². The molecule has 28 heavy (non-hydrogen) atoms. The number of para-hydroxylation sites is 1. The van der Waals surface area contributed by atoms with Crippen LogP contribution in [0.15, 0.2) is 42.5 Å². The zero-order valence-corrected chi connectivity index (χ0v) is 16.8. The van der Waals surface area contributed by atoms with Gasteiger partial charge in [-0.05, 0) is 49.1 Å². The summed E-state index contributed by atoms with van der Waals surface area (Å²) in [6.45, 7) is 5.23. The summed E-state index contributed by atoms with van der Waals surface area (Å²) >= 11 is 5.94. The van der Waals surface area contributed by atoms with Crippen LogP contribution in [0.2, 0.25) is 5.02 Å². The second kappa shape index (κ2) is 7.64. The molecule has 1 aliphatic heterocycles. The minimum atomic E-state index is -1.19. The molecule has 6 nitrogen and oxygen atoms in total. The van der Waals surface area contributed by atoms with E-state index in [-0.39, 0.29) is 6.54 Å². The van der Waals surface area contributed by atoms with Crippen LogP contribution in [0.1, 0.15) is 30.0 Å². The molecule has 1 heterocycles. The van der Waals surface area contributed by atoms with Crippen LogP contribution in [0.4, 0.5) is 10.5 Å². The van der Waals surface area contributed by atoms with Gasteiger partial charge in [-0.2, -0.15) is 0 Å². The second-order valence-electron chi connectivity index (χ2n) is 6.90. The van der Waals surface area contributed by atoms with Crippen molar-refractivity contribution in [1.29, 1.82) is 0 Å². The van der Waals surface area contributed by atoms with Crippen LogP contribution in [0.5, 0.6) is 0 Å². The van der Waals surface area contributed by atoms with Crippen LogP contribution in [-0.4, -0.2) is 29.3 Å². The van der Waals surface area contributed by atoms with Gasteiger partial charge in [-0.1, -0.05) is 48.9 Å². The Morgan fingerprint density at radius 3 is 2.29 bits per heavy atom. The first-order valence-electron chi connectivity index (χ1n) is 9.04. The molecule has 4 amide bonds. The van der Waals surface area contributed by atoms with Gasteiger partial charge in [0, 0.05) is 10.7 Å². The van der Waals surface area contributed by atoms with E-state index in [2.05, 4.69) is 10.6 Å². The molecule has 2 aromatic carbocycles. The van der Waals surface area contributed by atoms with E-state index in [0.29, 0.717) is 22.7 Å². The largest absolute Gasteiger partial charge is 0.325 e. The summed E-state index contributed by atoms with van der Waals surface area (Å²) in [7, 11) is 0. The van der Waals surface area contributed by atoms with E-state index in [1.54, 1.807) is 24.3 Å². The standard InChI is InChI=1S/C21H22ClN3O3/c1-4-21(15-8-10-16(22)11-9-15)19(27)25(20(28)24-21)12-17(26)23-18-13(2)6-5-7-14(18)3/h5-11H,4,12H2,1-3H3,(H,23,26)(H,24,28)/t21-/m1/s1. The van der Waals surface area contributed by atoms with Crippen molar-refractivity contribution in [2.24, 2.45) is 0 Å². The maximum absolute atomic E-state index is 13.1. The summed E-state index contributed by atoms with van der Waals surface area (Å²) < 4.78 is 0. The number of carbonyl (C=O) groups is 3. The zero-order valence-electron chi connectivity index (χ0n) is 16.0. The van der Waals surface area contributed by atoms with Gasteiger partial charge in [-0.3, -0.25) is 14.5 Å². The predicted molar refractivity (Wildman–Crippen MR) is 108 cm³/mol. The average molecular weight is 400 g/mol. The Kier molecular flexibility index (Phi) is 5.42. The Morgan fingerprint density at radius 2 is 1.71 bits per heavy atom. The lowest BCUT2D eigenvalue weighted by molar-refractivity contribution is -0.134. The maximum Gasteiger partial charge on any atom is 0.325 e. The molecule has 0 radical (unpaired) electrons. The van der Waals surface area contributed by atoms with Crippen molar-refractivity contribution in [3.05, 3.63) is 64.2 Å². The summed E-state index contributed by atoms with van der Waals surface area (Å²) in [5.74, 6) is -0.872. The lowest BCUT2D eigenvalue weighted by Gasteiger charge is -2.25. The molecule has 0 bridgehead atoms. The van der Waals surface area contributed by atoms with Crippen molar-refractivity contribution in [3.63, 3.8) is 0 Å². The van der Waals surface area contributed by atoms with Gasteiger partial charge < -0.3 is 10.6 Å². The molecule has 2 N–H and O–H groups in total. The minimum Gasteiger partial charge on any atom is -0.324 e. The molecular formula is C21H22ClN3O3. The van der Waals surface area contributed by atoms with E-state index in [1.165, 1.54) is 0 Å². The third-order valence-corrected chi connectivity index (χ3v) is 5.34. The number of amides is 4. The van der Waals surface area contributed by atoms with E-state index in [0.717, 1.165) is 16.0 Å². The smallest absolute Gasteiger partial charge is 0.324 e. The number of imide groups is 1. The van der Waals surface area contributed by atoms with Crippen molar-refractivity contribution >= 4 is 35.1 Å². The van der Waals surface area contributed by atoms with Gasteiger partial charge >= 0.3 is 6.03 Å². The summed E-state index contributed by atoms with van der Waals surface area (Å²) in [6, 6.07) is 11.9. The third-order valence-electron chi connectivity index (χ3n) is 5.09. The molecule has 2 aromatic rings. The highest BCUT2D eigenvalue weighted by Gasteiger charge is 2.51. The van der Waals surface area contributed by atoms with Gasteiger partial charge in [0.2, 0.25) is 5.91 Å². The molecule has 1 aliphatic rings. The average Bonchev–Trinajstić information content (AvgIpc) is 2.90. The molecule has 7 heteroatoms. The van der Waals surface area contributed by atoms with Gasteiger partial charge in [0.05, 0.1) is 0 Å². The Balaban J connectivity index is 1.81. The minimum absolute atomic E-state index is 0.353. The number of benzene rings is 2. The highest BCUT2D eigenvalue weighted by molar-refractivity contribution is 6.30. The first kappa shape index (κ1) is 19.9. The monoisotopic (exact) mass is 399 g/mol. The van der Waals surface area contributed by atoms with E-state index in [4.69, 9.17) is 11.6 Å². The number of rotatable bonds is 5. The van der Waals surface area contributed by atoms with Crippen molar-refractivity contribution in [3.8, 4) is 0 Å². The predicted octanol–water partition coefficient (Wildman–Crippen LogP) is 3.75. The number of nitrogens with one attached hydrogen (secondary N) is 2. The zero-order chi connectivity index (χ0) is 20.5. The number of nitrogens with zero attached hydrogens (tertiary/aromatic N) is 1. The third kappa shape index (κ3) is 3.47. The number of halogens is 1. The fraction of sp³-hybridized carbons (Fsp3) is 0.286. The van der Waals surface area contributed by atoms with Crippen LogP contribution in [0, 0.1) is 13.8 Å². The Labute approximate surface area is 168 Å². The number of anilines is 1. The van der Waals surface area contributed by atoms with Crippen molar-refractivity contribution < 1.29 is 14.4 Å². The Bertz CT molecular complexity index is 922. The van der Waals surface area contributed by atoms with E-state index in [1.807, 2.05) is 39.0 Å². The number of aryl methyl sites for hydroxylation is 2. The normalized spacial score (nSPS) is 18.9. The number of hydrogen-bond donors (Lipinski definition) is 2. The molecule has 0 aromatic heterocycles. The summed E-state index contributed by atoms with van der Waals surface area (Å²) in [5.41, 5.74) is 1.96. The van der Waals surface area contributed by atoms with Gasteiger partial charge in [-0.25, -0.2) is 4.79 Å².